The third-order valence-electron chi connectivity index (χ3n) is 13.7. The minimum atomic E-state index is -0.770. The molecule has 659 valence electrons. The van der Waals surface area contributed by atoms with Gasteiger partial charge in [-0.2, -0.15) is 0 Å². The molecule has 31 nitrogen and oxygen atoms in total. The summed E-state index contributed by atoms with van der Waals surface area (Å²) in [5.41, 5.74) is 7.93. The number of halogens is 9. The number of ether oxygens (including phenoxy) is 6. The number of carbonyl (C=O) groups excluding carboxylic acids is 8. The molecule has 0 atom stereocenters. The predicted octanol–water partition coefficient (Wildman–Crippen LogP) is 24.9. The van der Waals surface area contributed by atoms with Crippen molar-refractivity contribution in [3.8, 4) is 40.2 Å². The maximum absolute atomic E-state index is 12.3. The van der Waals surface area contributed by atoms with Crippen LogP contribution in [0.5, 0.6) is 40.2 Å². The number of rotatable bonds is 19. The van der Waals surface area contributed by atoms with Gasteiger partial charge < -0.3 is 54.1 Å². The van der Waals surface area contributed by atoms with E-state index in [2.05, 4.69) is 159 Å². The van der Waals surface area contributed by atoms with Crippen LogP contribution in [0.2, 0.25) is 0 Å². The molecule has 0 spiro atoms. The van der Waals surface area contributed by atoms with Crippen molar-refractivity contribution in [3.63, 3.8) is 0 Å². The molecule has 0 saturated carbocycles. The van der Waals surface area contributed by atoms with E-state index in [0.717, 1.165) is 5.56 Å². The minimum absolute atomic E-state index is 0. The first-order valence-electron chi connectivity index (χ1n) is 34.2. The second-order valence-corrected chi connectivity index (χ2v) is 73.1. The van der Waals surface area contributed by atoms with Gasteiger partial charge in [0.15, 0.2) is 0 Å². The molecule has 42 heteroatoms. The molecule has 0 saturated heterocycles. The van der Waals surface area contributed by atoms with Gasteiger partial charge in [-0.25, -0.2) is 28.8 Å². The van der Waals surface area contributed by atoms with Gasteiger partial charge in [-0.3, -0.25) is 60.2 Å². The number of non-ortho nitro benzene ring substituents is 5. The van der Waals surface area contributed by atoms with Crippen molar-refractivity contribution >= 4 is 249 Å². The zero-order valence-corrected chi connectivity index (χ0v) is 85.6. The van der Waals surface area contributed by atoms with E-state index >= 15 is 0 Å². The van der Waals surface area contributed by atoms with E-state index < -0.39 is 70.9 Å². The van der Waals surface area contributed by atoms with Gasteiger partial charge in [-0.05, 0) is 197 Å². The summed E-state index contributed by atoms with van der Waals surface area (Å²) in [5.74, 6) is -2.94. The molecular weight excluding hydrogens is 2540 g/mol. The zero-order valence-electron chi connectivity index (χ0n) is 66.2. The quantitative estimate of drug-likeness (QED) is 0.00873. The van der Waals surface area contributed by atoms with Crippen LogP contribution in [0.15, 0.2) is 267 Å². The van der Waals surface area contributed by atoms with Crippen LogP contribution in [0.3, 0.4) is 0 Å². The maximum atomic E-state index is 12.3. The summed E-state index contributed by atoms with van der Waals surface area (Å²) in [6.07, 6.45) is 0. The normalized spacial score (nSPS) is 9.37. The number of phenolic OH excluding ortho intramolecular Hbond substituents is 1. The molecule has 0 amide bonds. The van der Waals surface area contributed by atoms with Crippen LogP contribution in [0, 0.1) is 72.3 Å². The Morgan fingerprint density at radius 3 is 0.680 bits per heavy atom. The Balaban J connectivity index is 0.00000153. The monoisotopic (exact) mass is 2610 g/mol. The number of esters is 6. The van der Waals surface area contributed by atoms with Gasteiger partial charge in [0.1, 0.15) is 40.2 Å². The fourth-order valence-corrected chi connectivity index (χ4v) is 8.57. The molecule has 0 aliphatic heterocycles. The molecule has 0 aliphatic carbocycles. The van der Waals surface area contributed by atoms with Gasteiger partial charge in [0.2, 0.25) is 0 Å². The molecule has 11 rings (SSSR count). The second-order valence-electron chi connectivity index (χ2n) is 22.2. The fourth-order valence-electron chi connectivity index (χ4n) is 8.34. The van der Waals surface area contributed by atoms with Crippen molar-refractivity contribution in [2.45, 2.75) is 34.6 Å². The molecule has 11 aromatic carbocycles. The molecule has 0 unspecified atom stereocenters. The Bertz CT molecular complexity index is 4870. The predicted molar refractivity (Wildman–Crippen MR) is 528 cm³/mol. The first-order chi connectivity index (χ1) is 58.4. The summed E-state index contributed by atoms with van der Waals surface area (Å²) >= 11 is 27.1. The van der Waals surface area contributed by atoms with E-state index in [1.807, 2.05) is 32.9 Å². The van der Waals surface area contributed by atoms with E-state index in [0.29, 0.717) is 26.7 Å². The number of hydrogen-bond donors (Lipinski definition) is 2. The molecule has 11 aromatic rings. The van der Waals surface area contributed by atoms with E-state index in [9.17, 15) is 88.9 Å². The Morgan fingerprint density at radius 2 is 0.504 bits per heavy atom. The van der Waals surface area contributed by atoms with E-state index in [1.54, 1.807) is 60.7 Å². The molecule has 3 N–H and O–H groups in total. The molecule has 0 heterocycles. The van der Waals surface area contributed by atoms with Gasteiger partial charge in [-0.15, -0.1) is 0 Å². The second kappa shape index (κ2) is 64.7. The number of carbonyl (C=O) groups is 8. The van der Waals surface area contributed by atoms with Crippen LogP contribution >= 0.6 is 168 Å². The van der Waals surface area contributed by atoms with E-state index in [-0.39, 0.29) is 121 Å². The Labute approximate surface area is 821 Å². The summed E-state index contributed by atoms with van der Waals surface area (Å²) in [4.78, 5) is 145. The molecule has 0 aliphatic rings. The van der Waals surface area contributed by atoms with Crippen LogP contribution in [0.4, 0.5) is 34.1 Å². The number of nitrogens with zero attached hydrogens (tertiary/aromatic N) is 5. The van der Waals surface area contributed by atoms with Crippen molar-refractivity contribution in [2.24, 2.45) is 0 Å². The van der Waals surface area contributed by atoms with Crippen molar-refractivity contribution < 1.29 is 111 Å². The number of alkyl halides is 2. The number of phenols is 1. The molecule has 0 fully saturated rings. The fraction of sp³-hybridized carbons (Fsp3) is 0.0843. The number of nitrogens with two attached hydrogens (primary N) is 1. The standard InChI is InChI=1S/C21H17NO4.2C20H12N2O8.C8H4Cl2O2.C6H5NO3.2C2H5I.C2H6.2CH3.5HI.2V/c1-14-5-9-18(10-6-14)25-20(23)15-3-2-4-16(13-15)21(24)26-19-11-7-17(22)8-12-19;2*23-19(29-17-8-4-15(5-9-17)21(25)26)13-2-1-3-14(12-13)20(24)30-18-10-6-16(7-11-18)22(27)28;9-7(11)5-2-1-3-6(4-5)8(10)12;8-6-3-1-5(2-4-6)7(9)10;2*1-2-3;1-2;;;;;;;;;/h2-13H,22H2,1H3;2*1-12H;1-4H;1-4,8H;2*2H2,1H3;1-2H3;2*1H3;5*1H;;/q;;;;;;;;2*-1;;;;;;+2;+3/p-5. The number of nitrogen functional groups attached to an aromatic ring is 1. The number of nitro groups is 5. The molecule has 0 bridgehead atoms. The number of hydrogen-bond acceptors (Lipinski definition) is 26. The Morgan fingerprint density at radius 1 is 0.352 bits per heavy atom. The SMILES string of the molecule is CC.CCI.CCI.Cc1ccc(OC(=O)c2cccc(C(=O)Oc3ccc(N)cc3)c2)cc1.O=C(Cl)c1cccc(C(=O)Cl)c1.O=C(Oc1ccc([N+](=O)[O-])cc1)c1cccc(C(=O)Oc2ccc([N+](=O)[O-])cc2)c1.O=C(Oc1ccc([N+](=O)[O-])cc1)c1cccc(C(=O)Oc2ccc([N+](=O)[O-])cc2)c1.O=[N+]([O-])c1ccc(O)cc1.[CH3-].[CH3-].[I][V]([I])[I].[I][V][I]. The summed E-state index contributed by atoms with van der Waals surface area (Å²) in [5, 5.41) is 60.2. The van der Waals surface area contributed by atoms with Gasteiger partial charge in [-0.1, -0.05) is 127 Å². The van der Waals surface area contributed by atoms with Gasteiger partial charge in [0.25, 0.3) is 38.9 Å². The number of anilines is 1. The third-order valence-corrected chi connectivity index (χ3v) is 14.2. The van der Waals surface area contributed by atoms with Crippen molar-refractivity contribution in [3.05, 3.63) is 382 Å². The van der Waals surface area contributed by atoms with Crippen LogP contribution in [0.1, 0.15) is 116 Å². The van der Waals surface area contributed by atoms with Crippen LogP contribution in [0.25, 0.3) is 0 Å². The Kier molecular flexibility index (Phi) is 60.1. The first kappa shape index (κ1) is 116. The van der Waals surface area contributed by atoms with Crippen molar-refractivity contribution in [2.75, 3.05) is 14.6 Å². The van der Waals surface area contributed by atoms with Crippen LogP contribution in [-0.4, -0.2) is 84.9 Å². The number of aryl methyl sites for hydroxylation is 1. The van der Waals surface area contributed by atoms with Crippen molar-refractivity contribution in [1.82, 2.24) is 0 Å². The summed E-state index contributed by atoms with van der Waals surface area (Å²) in [7, 11) is 0.628. The first-order valence-corrected chi connectivity index (χ1v) is 60.6. The summed E-state index contributed by atoms with van der Waals surface area (Å²) < 4.78 is 33.6. The molecule has 125 heavy (non-hydrogen) atoms. The van der Waals surface area contributed by atoms with Gasteiger partial charge >= 0.3 is 150 Å². The van der Waals surface area contributed by atoms with Crippen LogP contribution < -0.4 is 34.2 Å². The zero-order chi connectivity index (χ0) is 92.3. The average molecular weight is 2610 g/mol. The number of aromatic hydroxyl groups is 1. The van der Waals surface area contributed by atoms with Gasteiger partial charge in [0.05, 0.1) is 58.0 Å². The Hall–Kier alpha value is -8.96. The number of nitro benzene ring substituents is 5. The molecule has 0 radical (unpaired) electrons. The van der Waals surface area contributed by atoms with Crippen LogP contribution in [-0.2, 0) is 14.4 Å². The van der Waals surface area contributed by atoms with E-state index in [1.165, 1.54) is 203 Å². The summed E-state index contributed by atoms with van der Waals surface area (Å²) in [6.45, 7) is 10.2. The third kappa shape index (κ3) is 46.9. The van der Waals surface area contributed by atoms with Crippen molar-refractivity contribution in [1.29, 1.82) is 0 Å². The topological polar surface area (TPSA) is 454 Å². The van der Waals surface area contributed by atoms with E-state index in [4.69, 9.17) is 62.5 Å². The molecule has 0 aromatic heterocycles. The number of benzene rings is 11. The summed E-state index contributed by atoms with van der Waals surface area (Å²) in [6, 6.07) is 61.7. The average Bonchev–Trinajstić information content (AvgIpc) is 0.844. The van der Waals surface area contributed by atoms with Gasteiger partial charge in [0, 0.05) is 77.5 Å². The molecular formula is C83H72Cl2I7N6O25V2-2.